The van der Waals surface area contributed by atoms with E-state index in [9.17, 15) is 0 Å². The predicted molar refractivity (Wildman–Crippen MR) is 80.4 cm³/mol. The maximum Gasteiger partial charge on any atom is 0.0384 e. The Balaban J connectivity index is 2.08. The Morgan fingerprint density at radius 2 is 1.78 bits per heavy atom. The molecule has 2 N–H and O–H groups in total. The average molecular weight is 304 g/mol. The SMILES string of the molecule is CC(N)(CCc1ccccc1)c1cccc(Br)c1. The minimum absolute atomic E-state index is 0.292. The van der Waals surface area contributed by atoms with E-state index >= 15 is 0 Å². The van der Waals surface area contributed by atoms with E-state index in [-0.39, 0.29) is 5.54 Å². The van der Waals surface area contributed by atoms with E-state index in [1.165, 1.54) is 11.1 Å². The third-order valence-electron chi connectivity index (χ3n) is 3.26. The highest BCUT2D eigenvalue weighted by Crippen LogP contribution is 2.25. The summed E-state index contributed by atoms with van der Waals surface area (Å²) in [4.78, 5) is 0. The van der Waals surface area contributed by atoms with Crippen LogP contribution in [0.15, 0.2) is 59.1 Å². The fourth-order valence-electron chi connectivity index (χ4n) is 2.04. The first-order valence-corrected chi connectivity index (χ1v) is 6.96. The van der Waals surface area contributed by atoms with Gasteiger partial charge in [0.2, 0.25) is 0 Å². The van der Waals surface area contributed by atoms with Gasteiger partial charge in [-0.2, -0.15) is 0 Å². The zero-order valence-electron chi connectivity index (χ0n) is 10.6. The lowest BCUT2D eigenvalue weighted by atomic mass is 9.87. The second-order valence-electron chi connectivity index (χ2n) is 4.91. The number of rotatable bonds is 4. The Labute approximate surface area is 117 Å². The summed E-state index contributed by atoms with van der Waals surface area (Å²) in [5.41, 5.74) is 8.65. The number of halogens is 1. The van der Waals surface area contributed by atoms with Gasteiger partial charge in [-0.05, 0) is 43.0 Å². The van der Waals surface area contributed by atoms with Crippen LogP contribution in [0, 0.1) is 0 Å². The minimum atomic E-state index is -0.292. The van der Waals surface area contributed by atoms with Gasteiger partial charge in [-0.15, -0.1) is 0 Å². The highest BCUT2D eigenvalue weighted by Gasteiger charge is 2.20. The lowest BCUT2D eigenvalue weighted by molar-refractivity contribution is 0.452. The molecule has 0 aliphatic carbocycles. The van der Waals surface area contributed by atoms with Crippen molar-refractivity contribution < 1.29 is 0 Å². The molecule has 1 nitrogen and oxygen atoms in total. The zero-order valence-corrected chi connectivity index (χ0v) is 12.2. The van der Waals surface area contributed by atoms with E-state index in [0.29, 0.717) is 0 Å². The van der Waals surface area contributed by atoms with Gasteiger partial charge < -0.3 is 5.73 Å². The summed E-state index contributed by atoms with van der Waals surface area (Å²) in [5.74, 6) is 0. The Morgan fingerprint density at radius 3 is 2.44 bits per heavy atom. The smallest absolute Gasteiger partial charge is 0.0384 e. The molecule has 0 aliphatic rings. The zero-order chi connectivity index (χ0) is 13.0. The molecule has 2 aromatic carbocycles. The van der Waals surface area contributed by atoms with Crippen molar-refractivity contribution in [2.45, 2.75) is 25.3 Å². The predicted octanol–water partition coefficient (Wildman–Crippen LogP) is 4.26. The van der Waals surface area contributed by atoms with Gasteiger partial charge in [0, 0.05) is 10.0 Å². The highest BCUT2D eigenvalue weighted by molar-refractivity contribution is 9.10. The van der Waals surface area contributed by atoms with E-state index in [0.717, 1.165) is 17.3 Å². The quantitative estimate of drug-likeness (QED) is 0.897. The van der Waals surface area contributed by atoms with Crippen molar-refractivity contribution in [3.05, 3.63) is 70.2 Å². The van der Waals surface area contributed by atoms with Gasteiger partial charge in [-0.25, -0.2) is 0 Å². The molecule has 0 saturated carbocycles. The Hall–Kier alpha value is -1.12. The lowest BCUT2D eigenvalue weighted by Crippen LogP contribution is -2.33. The average Bonchev–Trinajstić information content (AvgIpc) is 2.38. The van der Waals surface area contributed by atoms with Crippen LogP contribution in [-0.2, 0) is 12.0 Å². The first-order chi connectivity index (χ1) is 8.58. The summed E-state index contributed by atoms with van der Waals surface area (Å²) in [6, 6.07) is 18.7. The molecule has 1 atom stereocenters. The van der Waals surface area contributed by atoms with Gasteiger partial charge in [0.15, 0.2) is 0 Å². The molecule has 1 unspecified atom stereocenters. The maximum atomic E-state index is 6.43. The molecule has 2 rings (SSSR count). The molecule has 2 aromatic rings. The number of hydrogen-bond acceptors (Lipinski definition) is 1. The van der Waals surface area contributed by atoms with E-state index < -0.39 is 0 Å². The molecule has 18 heavy (non-hydrogen) atoms. The Morgan fingerprint density at radius 1 is 1.06 bits per heavy atom. The molecule has 0 spiro atoms. The van der Waals surface area contributed by atoms with Crippen LogP contribution in [0.4, 0.5) is 0 Å². The molecule has 0 aliphatic heterocycles. The van der Waals surface area contributed by atoms with Crippen molar-refractivity contribution in [1.29, 1.82) is 0 Å². The summed E-state index contributed by atoms with van der Waals surface area (Å²) >= 11 is 3.50. The molecule has 0 fully saturated rings. The molecular formula is C16H18BrN. The Bertz CT molecular complexity index is 506. The summed E-state index contributed by atoms with van der Waals surface area (Å²) < 4.78 is 1.08. The summed E-state index contributed by atoms with van der Waals surface area (Å²) in [7, 11) is 0. The van der Waals surface area contributed by atoms with E-state index in [1.54, 1.807) is 0 Å². The molecule has 0 heterocycles. The highest BCUT2D eigenvalue weighted by atomic mass is 79.9. The van der Waals surface area contributed by atoms with Gasteiger partial charge in [0.05, 0.1) is 0 Å². The van der Waals surface area contributed by atoms with Crippen LogP contribution in [0.3, 0.4) is 0 Å². The second kappa shape index (κ2) is 5.68. The number of nitrogens with two attached hydrogens (primary N) is 1. The van der Waals surface area contributed by atoms with Crippen LogP contribution in [0.5, 0.6) is 0 Å². The van der Waals surface area contributed by atoms with Crippen LogP contribution in [0.25, 0.3) is 0 Å². The molecule has 0 saturated heterocycles. The van der Waals surface area contributed by atoms with Crippen LogP contribution >= 0.6 is 15.9 Å². The minimum Gasteiger partial charge on any atom is -0.322 e. The topological polar surface area (TPSA) is 26.0 Å². The standard InChI is InChI=1S/C16H18BrN/c1-16(18,14-8-5-9-15(17)12-14)11-10-13-6-3-2-4-7-13/h2-9,12H,10-11,18H2,1H3. The van der Waals surface area contributed by atoms with E-state index in [1.807, 2.05) is 18.2 Å². The number of benzene rings is 2. The third-order valence-corrected chi connectivity index (χ3v) is 3.75. The summed E-state index contributed by atoms with van der Waals surface area (Å²) in [5, 5.41) is 0. The fraction of sp³-hybridized carbons (Fsp3) is 0.250. The summed E-state index contributed by atoms with van der Waals surface area (Å²) in [6.45, 7) is 2.09. The van der Waals surface area contributed by atoms with Crippen molar-refractivity contribution in [3.63, 3.8) is 0 Å². The van der Waals surface area contributed by atoms with E-state index in [2.05, 4.69) is 59.3 Å². The largest absolute Gasteiger partial charge is 0.322 e. The number of aryl methyl sites for hydroxylation is 1. The van der Waals surface area contributed by atoms with Crippen molar-refractivity contribution in [1.82, 2.24) is 0 Å². The second-order valence-corrected chi connectivity index (χ2v) is 5.83. The van der Waals surface area contributed by atoms with Crippen molar-refractivity contribution in [2.75, 3.05) is 0 Å². The monoisotopic (exact) mass is 303 g/mol. The van der Waals surface area contributed by atoms with Gasteiger partial charge in [0.25, 0.3) is 0 Å². The van der Waals surface area contributed by atoms with Crippen LogP contribution in [0.1, 0.15) is 24.5 Å². The van der Waals surface area contributed by atoms with Crippen LogP contribution in [-0.4, -0.2) is 0 Å². The lowest BCUT2D eigenvalue weighted by Gasteiger charge is -2.25. The molecule has 0 bridgehead atoms. The molecular weight excluding hydrogens is 286 g/mol. The van der Waals surface area contributed by atoms with Gasteiger partial charge >= 0.3 is 0 Å². The fourth-order valence-corrected chi connectivity index (χ4v) is 2.44. The molecule has 0 aromatic heterocycles. The summed E-state index contributed by atoms with van der Waals surface area (Å²) in [6.07, 6.45) is 1.94. The molecule has 0 radical (unpaired) electrons. The molecule has 2 heteroatoms. The van der Waals surface area contributed by atoms with Gasteiger partial charge in [-0.1, -0.05) is 58.4 Å². The first kappa shape index (κ1) is 13.3. The van der Waals surface area contributed by atoms with Gasteiger partial charge in [-0.3, -0.25) is 0 Å². The van der Waals surface area contributed by atoms with Gasteiger partial charge in [0.1, 0.15) is 0 Å². The normalized spacial score (nSPS) is 14.2. The maximum absolute atomic E-state index is 6.43. The number of hydrogen-bond donors (Lipinski definition) is 1. The van der Waals surface area contributed by atoms with E-state index in [4.69, 9.17) is 5.73 Å². The molecule has 94 valence electrons. The van der Waals surface area contributed by atoms with Crippen molar-refractivity contribution in [2.24, 2.45) is 5.73 Å². The van der Waals surface area contributed by atoms with Crippen molar-refractivity contribution in [3.8, 4) is 0 Å². The third kappa shape index (κ3) is 3.44. The Kier molecular flexibility index (Phi) is 4.20. The van der Waals surface area contributed by atoms with Crippen LogP contribution < -0.4 is 5.73 Å². The first-order valence-electron chi connectivity index (χ1n) is 6.17. The molecule has 0 amide bonds. The van der Waals surface area contributed by atoms with Crippen LogP contribution in [0.2, 0.25) is 0 Å². The van der Waals surface area contributed by atoms with Crippen molar-refractivity contribution >= 4 is 15.9 Å².